The first kappa shape index (κ1) is 26.3. The average Bonchev–Trinajstić information content (AvgIpc) is 3.54. The van der Waals surface area contributed by atoms with Gasteiger partial charge in [0, 0.05) is 42.2 Å². The van der Waals surface area contributed by atoms with Gasteiger partial charge < -0.3 is 0 Å². The number of hydrogen-bond donors (Lipinski definition) is 0. The van der Waals surface area contributed by atoms with Gasteiger partial charge in [-0.2, -0.15) is 0 Å². The monoisotopic (exact) mass is 615 g/mol. The molecule has 2 heterocycles. The number of thiophene rings is 1. The van der Waals surface area contributed by atoms with Gasteiger partial charge in [0.25, 0.3) is 0 Å². The molecule has 0 N–H and O–H groups in total. The topological polar surface area (TPSA) is 38.7 Å². The lowest BCUT2D eigenvalue weighted by Gasteiger charge is -2.13. The predicted octanol–water partition coefficient (Wildman–Crippen LogP) is 11.9. The van der Waals surface area contributed by atoms with Gasteiger partial charge in [-0.15, -0.1) is 11.3 Å². The first-order chi connectivity index (χ1) is 23.3. The number of fused-ring (bicyclic) bond motifs is 10. The Morgan fingerprint density at radius 2 is 0.936 bits per heavy atom. The third kappa shape index (κ3) is 4.16. The summed E-state index contributed by atoms with van der Waals surface area (Å²) in [5.74, 6) is 2.00. The molecule has 3 nitrogen and oxygen atoms in total. The molecule has 8 aromatic carbocycles. The van der Waals surface area contributed by atoms with E-state index >= 15 is 0 Å². The number of benzene rings is 8. The number of nitrogens with zero attached hydrogens (tertiary/aromatic N) is 3. The minimum Gasteiger partial charge on any atom is -0.208 e. The Hall–Kier alpha value is -5.97. The van der Waals surface area contributed by atoms with Crippen LogP contribution in [0.5, 0.6) is 0 Å². The molecule has 0 amide bonds. The van der Waals surface area contributed by atoms with Crippen LogP contribution in [0.3, 0.4) is 0 Å². The second-order valence-corrected chi connectivity index (χ2v) is 13.1. The molecule has 0 aliphatic rings. The fourth-order valence-corrected chi connectivity index (χ4v) is 8.35. The molecule has 218 valence electrons. The van der Waals surface area contributed by atoms with Crippen molar-refractivity contribution in [1.29, 1.82) is 0 Å². The van der Waals surface area contributed by atoms with Gasteiger partial charge in [-0.3, -0.25) is 0 Å². The molecule has 47 heavy (non-hydrogen) atoms. The molecule has 4 heteroatoms. The molecule has 0 atom stereocenters. The van der Waals surface area contributed by atoms with Crippen LogP contribution in [-0.4, -0.2) is 15.0 Å². The molecule has 10 aromatic rings. The summed E-state index contributed by atoms with van der Waals surface area (Å²) < 4.78 is 2.52. The van der Waals surface area contributed by atoms with Crippen LogP contribution in [0.15, 0.2) is 152 Å². The zero-order valence-corrected chi connectivity index (χ0v) is 26.0. The molecular formula is C43H25N3S. The van der Waals surface area contributed by atoms with E-state index in [-0.39, 0.29) is 0 Å². The normalized spacial score (nSPS) is 11.8. The molecule has 0 radical (unpaired) electrons. The van der Waals surface area contributed by atoms with E-state index in [1.807, 2.05) is 29.5 Å². The van der Waals surface area contributed by atoms with Crippen molar-refractivity contribution in [2.75, 3.05) is 0 Å². The third-order valence-electron chi connectivity index (χ3n) is 9.25. The average molecular weight is 616 g/mol. The van der Waals surface area contributed by atoms with Crippen LogP contribution in [0.2, 0.25) is 0 Å². The van der Waals surface area contributed by atoms with Gasteiger partial charge in [0.15, 0.2) is 17.5 Å². The number of rotatable bonds is 3. The SMILES string of the molecule is c1ccc(-c2nc(-c3ccc4ccccc4c3)nc(-c3cc4ccc5ccccc5c4c4sc5ccc6ccccc6c5c34)n2)cc1. The van der Waals surface area contributed by atoms with Crippen LogP contribution in [0.1, 0.15) is 0 Å². The maximum atomic E-state index is 5.27. The molecular weight excluding hydrogens is 591 g/mol. The summed E-state index contributed by atoms with van der Waals surface area (Å²) >= 11 is 1.86. The van der Waals surface area contributed by atoms with E-state index in [2.05, 4.69) is 133 Å². The molecule has 0 saturated carbocycles. The Labute approximate surface area is 274 Å². The lowest BCUT2D eigenvalue weighted by atomic mass is 9.94. The molecule has 0 unspecified atom stereocenters. The minimum atomic E-state index is 0.662. The Balaban J connectivity index is 1.36. The molecule has 0 fully saturated rings. The summed E-state index contributed by atoms with van der Waals surface area (Å²) in [7, 11) is 0. The molecule has 0 bridgehead atoms. The first-order valence-corrected chi connectivity index (χ1v) is 16.6. The van der Waals surface area contributed by atoms with Gasteiger partial charge in [0.05, 0.1) is 0 Å². The molecule has 10 rings (SSSR count). The summed E-state index contributed by atoms with van der Waals surface area (Å²) in [6, 6.07) is 53.7. The van der Waals surface area contributed by atoms with Gasteiger partial charge in [-0.25, -0.2) is 15.0 Å². The van der Waals surface area contributed by atoms with Crippen LogP contribution in [0, 0.1) is 0 Å². The van der Waals surface area contributed by atoms with E-state index in [0.717, 1.165) is 22.1 Å². The van der Waals surface area contributed by atoms with Crippen LogP contribution >= 0.6 is 11.3 Å². The highest BCUT2D eigenvalue weighted by molar-refractivity contribution is 7.27. The van der Waals surface area contributed by atoms with Gasteiger partial charge >= 0.3 is 0 Å². The molecule has 0 spiro atoms. The maximum Gasteiger partial charge on any atom is 0.164 e. The smallest absolute Gasteiger partial charge is 0.164 e. The van der Waals surface area contributed by atoms with Crippen LogP contribution in [0.4, 0.5) is 0 Å². The van der Waals surface area contributed by atoms with Crippen molar-refractivity contribution in [3.8, 4) is 34.2 Å². The second kappa shape index (κ2) is 10.3. The Morgan fingerprint density at radius 1 is 0.362 bits per heavy atom. The van der Waals surface area contributed by atoms with E-state index in [9.17, 15) is 0 Å². The molecule has 0 aliphatic heterocycles. The van der Waals surface area contributed by atoms with Crippen molar-refractivity contribution < 1.29 is 0 Å². The van der Waals surface area contributed by atoms with E-state index in [1.54, 1.807) is 0 Å². The van der Waals surface area contributed by atoms with Crippen LogP contribution < -0.4 is 0 Å². The highest BCUT2D eigenvalue weighted by Crippen LogP contribution is 2.47. The van der Waals surface area contributed by atoms with E-state index < -0.39 is 0 Å². The summed E-state index contributed by atoms with van der Waals surface area (Å²) in [4.78, 5) is 15.6. The van der Waals surface area contributed by atoms with Crippen molar-refractivity contribution in [2.45, 2.75) is 0 Å². The van der Waals surface area contributed by atoms with Gasteiger partial charge in [0.1, 0.15) is 0 Å². The van der Waals surface area contributed by atoms with Crippen molar-refractivity contribution in [2.24, 2.45) is 0 Å². The molecule has 0 aliphatic carbocycles. The molecule has 2 aromatic heterocycles. The zero-order valence-electron chi connectivity index (χ0n) is 25.2. The van der Waals surface area contributed by atoms with Crippen molar-refractivity contribution in [1.82, 2.24) is 15.0 Å². The largest absolute Gasteiger partial charge is 0.208 e. The first-order valence-electron chi connectivity index (χ1n) is 15.8. The van der Waals surface area contributed by atoms with Crippen molar-refractivity contribution in [3.05, 3.63) is 152 Å². The Bertz CT molecular complexity index is 2850. The zero-order chi connectivity index (χ0) is 30.9. The quantitative estimate of drug-likeness (QED) is 0.186. The lowest BCUT2D eigenvalue weighted by Crippen LogP contribution is -2.00. The van der Waals surface area contributed by atoms with Crippen molar-refractivity contribution in [3.63, 3.8) is 0 Å². The van der Waals surface area contributed by atoms with Gasteiger partial charge in [-0.1, -0.05) is 133 Å². The summed E-state index contributed by atoms with van der Waals surface area (Å²) in [5, 5.41) is 12.2. The molecule has 0 saturated heterocycles. The van der Waals surface area contributed by atoms with Gasteiger partial charge in [-0.05, 0) is 55.9 Å². The fourth-order valence-electron chi connectivity index (χ4n) is 7.04. The highest BCUT2D eigenvalue weighted by atomic mass is 32.1. The Morgan fingerprint density at radius 3 is 1.72 bits per heavy atom. The van der Waals surface area contributed by atoms with E-state index in [0.29, 0.717) is 17.5 Å². The van der Waals surface area contributed by atoms with Crippen LogP contribution in [-0.2, 0) is 0 Å². The van der Waals surface area contributed by atoms with Crippen molar-refractivity contribution >= 4 is 74.6 Å². The summed E-state index contributed by atoms with van der Waals surface area (Å²) in [5.41, 5.74) is 2.95. The van der Waals surface area contributed by atoms with Crippen LogP contribution in [0.25, 0.3) is 97.4 Å². The number of hydrogen-bond acceptors (Lipinski definition) is 4. The van der Waals surface area contributed by atoms with Gasteiger partial charge in [0.2, 0.25) is 0 Å². The second-order valence-electron chi connectivity index (χ2n) is 12.0. The number of aromatic nitrogens is 3. The highest BCUT2D eigenvalue weighted by Gasteiger charge is 2.21. The lowest BCUT2D eigenvalue weighted by molar-refractivity contribution is 1.08. The third-order valence-corrected chi connectivity index (χ3v) is 10.4. The Kier molecular flexibility index (Phi) is 5.74. The summed E-state index contributed by atoms with van der Waals surface area (Å²) in [6.45, 7) is 0. The van der Waals surface area contributed by atoms with E-state index in [1.165, 1.54) is 57.9 Å². The summed E-state index contributed by atoms with van der Waals surface area (Å²) in [6.07, 6.45) is 0. The fraction of sp³-hybridized carbons (Fsp3) is 0. The minimum absolute atomic E-state index is 0.662. The standard InChI is InChI=1S/C43H25N3S/c1-2-13-29(14-3-1)41-44-42(32-21-18-26-10-4-5-15-30(26)24-32)46-43(45-41)35-25-31-20-19-27-11-6-8-16-33(27)37(31)40-39(35)38-34-17-9-7-12-28(34)22-23-36(38)47-40/h1-25H. The predicted molar refractivity (Wildman–Crippen MR) is 199 cm³/mol. The van der Waals surface area contributed by atoms with E-state index in [4.69, 9.17) is 15.0 Å². The maximum absolute atomic E-state index is 5.27.